The second-order valence-corrected chi connectivity index (χ2v) is 4.32. The van der Waals surface area contributed by atoms with Crippen molar-refractivity contribution in [3.8, 4) is 0 Å². The van der Waals surface area contributed by atoms with Gasteiger partial charge in [0, 0.05) is 6.04 Å². The zero-order valence-electron chi connectivity index (χ0n) is 9.45. The number of aryl methyl sites for hydroxylation is 1. The number of amides is 1. The Kier molecular flexibility index (Phi) is 3.12. The van der Waals surface area contributed by atoms with Gasteiger partial charge in [0.15, 0.2) is 0 Å². The zero-order valence-corrected chi connectivity index (χ0v) is 9.45. The Morgan fingerprint density at radius 2 is 2.12 bits per heavy atom. The molecule has 0 aliphatic heterocycles. The Balaban J connectivity index is 2.02. The van der Waals surface area contributed by atoms with Crippen LogP contribution < -0.4 is 11.1 Å². The fourth-order valence-corrected chi connectivity index (χ4v) is 2.17. The predicted molar refractivity (Wildman–Crippen MR) is 60.0 cm³/mol. The van der Waals surface area contributed by atoms with E-state index < -0.39 is 0 Å². The Morgan fingerprint density at radius 3 is 2.69 bits per heavy atom. The van der Waals surface area contributed by atoms with Crippen molar-refractivity contribution < 1.29 is 9.32 Å². The molecule has 3 N–H and O–H groups in total. The van der Waals surface area contributed by atoms with E-state index in [2.05, 4.69) is 10.5 Å². The van der Waals surface area contributed by atoms with Crippen LogP contribution >= 0.6 is 0 Å². The zero-order chi connectivity index (χ0) is 11.5. The largest absolute Gasteiger partial charge is 0.367 e. The van der Waals surface area contributed by atoms with Gasteiger partial charge in [-0.25, -0.2) is 0 Å². The lowest BCUT2D eigenvalue weighted by Gasteiger charge is -2.22. The van der Waals surface area contributed by atoms with Crippen molar-refractivity contribution in [2.75, 3.05) is 5.73 Å². The van der Waals surface area contributed by atoms with E-state index in [0.29, 0.717) is 11.3 Å². The second-order valence-electron chi connectivity index (χ2n) is 4.32. The Hall–Kier alpha value is -1.52. The summed E-state index contributed by atoms with van der Waals surface area (Å²) in [5, 5.41) is 6.65. The van der Waals surface area contributed by atoms with Gasteiger partial charge in [-0.3, -0.25) is 4.79 Å². The third-order valence-electron chi connectivity index (χ3n) is 3.06. The van der Waals surface area contributed by atoms with E-state index in [-0.39, 0.29) is 17.8 Å². The van der Waals surface area contributed by atoms with Crippen molar-refractivity contribution in [3.63, 3.8) is 0 Å². The number of carbonyl (C=O) groups excluding carboxylic acids is 1. The molecule has 1 aromatic heterocycles. The van der Waals surface area contributed by atoms with Gasteiger partial charge in [0.05, 0.1) is 5.69 Å². The van der Waals surface area contributed by atoms with Crippen molar-refractivity contribution >= 4 is 11.8 Å². The fraction of sp³-hybridized carbons (Fsp3) is 0.636. The topological polar surface area (TPSA) is 81.2 Å². The van der Waals surface area contributed by atoms with E-state index in [1.807, 2.05) is 0 Å². The van der Waals surface area contributed by atoms with Crippen LogP contribution in [0.5, 0.6) is 0 Å². The molecule has 0 spiro atoms. The summed E-state index contributed by atoms with van der Waals surface area (Å²) in [7, 11) is 0. The minimum Gasteiger partial charge on any atom is -0.367 e. The third kappa shape index (κ3) is 2.18. The lowest BCUT2D eigenvalue weighted by atomic mass is 9.95. The summed E-state index contributed by atoms with van der Waals surface area (Å²) in [6, 6.07) is 0.273. The normalized spacial score (nSPS) is 17.3. The van der Waals surface area contributed by atoms with Gasteiger partial charge in [-0.15, -0.1) is 0 Å². The molecule has 0 unspecified atom stereocenters. The Morgan fingerprint density at radius 1 is 1.44 bits per heavy atom. The van der Waals surface area contributed by atoms with Crippen molar-refractivity contribution in [3.05, 3.63) is 11.3 Å². The maximum absolute atomic E-state index is 11.9. The molecule has 1 saturated carbocycles. The average Bonchev–Trinajstić information content (AvgIpc) is 2.60. The number of aromatic nitrogens is 1. The van der Waals surface area contributed by atoms with Crippen LogP contribution in [-0.4, -0.2) is 17.1 Å². The number of nitrogens with zero attached hydrogens (tertiary/aromatic N) is 1. The van der Waals surface area contributed by atoms with Gasteiger partial charge >= 0.3 is 0 Å². The van der Waals surface area contributed by atoms with E-state index in [1.54, 1.807) is 6.92 Å². The van der Waals surface area contributed by atoms with Crippen LogP contribution in [0.2, 0.25) is 0 Å². The summed E-state index contributed by atoms with van der Waals surface area (Å²) in [6.07, 6.45) is 5.73. The molecule has 0 radical (unpaired) electrons. The summed E-state index contributed by atoms with van der Waals surface area (Å²) in [6.45, 7) is 1.72. The molecular weight excluding hydrogens is 206 g/mol. The molecule has 0 saturated heterocycles. The van der Waals surface area contributed by atoms with E-state index in [0.717, 1.165) is 12.8 Å². The summed E-state index contributed by atoms with van der Waals surface area (Å²) < 4.78 is 4.77. The van der Waals surface area contributed by atoms with Crippen LogP contribution in [0.3, 0.4) is 0 Å². The summed E-state index contributed by atoms with van der Waals surface area (Å²) >= 11 is 0. The lowest BCUT2D eigenvalue weighted by molar-refractivity contribution is 0.0927. The van der Waals surface area contributed by atoms with Crippen molar-refractivity contribution in [1.82, 2.24) is 10.5 Å². The molecule has 0 aromatic carbocycles. The van der Waals surface area contributed by atoms with Gasteiger partial charge in [0.25, 0.3) is 5.91 Å². The number of carbonyl (C=O) groups is 1. The van der Waals surface area contributed by atoms with Gasteiger partial charge < -0.3 is 15.6 Å². The van der Waals surface area contributed by atoms with Crippen LogP contribution in [0.25, 0.3) is 0 Å². The molecule has 0 atom stereocenters. The molecular formula is C11H17N3O2. The molecule has 1 fully saturated rings. The highest BCUT2D eigenvalue weighted by atomic mass is 16.5. The molecule has 1 aliphatic rings. The van der Waals surface area contributed by atoms with Crippen LogP contribution in [0.1, 0.15) is 48.2 Å². The van der Waals surface area contributed by atoms with Gasteiger partial charge in [0.1, 0.15) is 5.56 Å². The van der Waals surface area contributed by atoms with Gasteiger partial charge in [-0.2, -0.15) is 0 Å². The number of nitrogen functional groups attached to an aromatic ring is 1. The highest BCUT2D eigenvalue weighted by Crippen LogP contribution is 2.20. The van der Waals surface area contributed by atoms with Crippen LogP contribution in [0.15, 0.2) is 4.52 Å². The van der Waals surface area contributed by atoms with Crippen molar-refractivity contribution in [2.45, 2.75) is 45.1 Å². The average molecular weight is 223 g/mol. The van der Waals surface area contributed by atoms with Crippen LogP contribution in [0, 0.1) is 6.92 Å². The first-order chi connectivity index (χ1) is 7.68. The lowest BCUT2D eigenvalue weighted by Crippen LogP contribution is -2.36. The Labute approximate surface area is 94.4 Å². The second kappa shape index (κ2) is 4.55. The fourth-order valence-electron chi connectivity index (χ4n) is 2.17. The standard InChI is InChI=1S/C11H17N3O2/c1-7-9(10(12)16-14-7)11(15)13-8-5-3-2-4-6-8/h8H,2-6,12H2,1H3,(H,13,15). The minimum absolute atomic E-state index is 0.103. The predicted octanol–water partition coefficient (Wildman–Crippen LogP) is 1.63. The number of hydrogen-bond donors (Lipinski definition) is 2. The number of anilines is 1. The Bertz CT molecular complexity index is 361. The molecule has 1 aliphatic carbocycles. The maximum Gasteiger partial charge on any atom is 0.258 e. The molecule has 16 heavy (non-hydrogen) atoms. The summed E-state index contributed by atoms with van der Waals surface area (Å²) in [4.78, 5) is 11.9. The highest BCUT2D eigenvalue weighted by Gasteiger charge is 2.22. The summed E-state index contributed by atoms with van der Waals surface area (Å²) in [5.74, 6) is -0.0611. The molecule has 5 nitrogen and oxygen atoms in total. The number of hydrogen-bond acceptors (Lipinski definition) is 4. The highest BCUT2D eigenvalue weighted by molar-refractivity contribution is 5.99. The van der Waals surface area contributed by atoms with Crippen molar-refractivity contribution in [1.29, 1.82) is 0 Å². The van der Waals surface area contributed by atoms with Gasteiger partial charge in [-0.05, 0) is 19.8 Å². The first-order valence-electron chi connectivity index (χ1n) is 5.71. The van der Waals surface area contributed by atoms with E-state index in [1.165, 1.54) is 19.3 Å². The van der Waals surface area contributed by atoms with Gasteiger partial charge in [0.2, 0.25) is 5.88 Å². The first-order valence-corrected chi connectivity index (χ1v) is 5.71. The molecule has 88 valence electrons. The monoisotopic (exact) mass is 223 g/mol. The van der Waals surface area contributed by atoms with E-state index in [9.17, 15) is 4.79 Å². The number of nitrogens with two attached hydrogens (primary N) is 1. The minimum atomic E-state index is -0.164. The van der Waals surface area contributed by atoms with Crippen molar-refractivity contribution in [2.24, 2.45) is 0 Å². The SMILES string of the molecule is Cc1noc(N)c1C(=O)NC1CCCCC1. The number of rotatable bonds is 2. The molecule has 1 heterocycles. The summed E-state index contributed by atoms with van der Waals surface area (Å²) in [5.41, 5.74) is 6.48. The quantitative estimate of drug-likeness (QED) is 0.798. The molecule has 5 heteroatoms. The third-order valence-corrected chi connectivity index (χ3v) is 3.06. The maximum atomic E-state index is 11.9. The molecule has 1 amide bonds. The van der Waals surface area contributed by atoms with Gasteiger partial charge in [-0.1, -0.05) is 24.4 Å². The van der Waals surface area contributed by atoms with Crippen LogP contribution in [0.4, 0.5) is 5.88 Å². The van der Waals surface area contributed by atoms with E-state index >= 15 is 0 Å². The molecule has 0 bridgehead atoms. The molecule has 2 rings (SSSR count). The van der Waals surface area contributed by atoms with E-state index in [4.69, 9.17) is 10.3 Å². The number of nitrogens with one attached hydrogen (secondary N) is 1. The first kappa shape index (κ1) is 11.0. The molecule has 1 aromatic rings. The van der Waals surface area contributed by atoms with Crippen LogP contribution in [-0.2, 0) is 0 Å². The smallest absolute Gasteiger partial charge is 0.258 e.